The molecule has 2 aromatic heterocycles. The lowest BCUT2D eigenvalue weighted by Gasteiger charge is -2.18. The van der Waals surface area contributed by atoms with Crippen LogP contribution in [0.2, 0.25) is 0 Å². The zero-order chi connectivity index (χ0) is 11.4. The van der Waals surface area contributed by atoms with Crippen molar-refractivity contribution in [2.75, 3.05) is 11.4 Å². The maximum absolute atomic E-state index is 5.30. The molecule has 2 heterocycles. The molecule has 0 aliphatic rings. The molecule has 84 valence electrons. The van der Waals surface area contributed by atoms with Gasteiger partial charge in [0.2, 0.25) is 5.95 Å². The molecule has 0 saturated carbocycles. The third kappa shape index (κ3) is 2.61. The highest BCUT2D eigenvalue weighted by molar-refractivity contribution is 9.10. The van der Waals surface area contributed by atoms with E-state index >= 15 is 0 Å². The summed E-state index contributed by atoms with van der Waals surface area (Å²) in [5, 5.41) is 0. The van der Waals surface area contributed by atoms with Crippen LogP contribution >= 0.6 is 15.9 Å². The minimum absolute atomic E-state index is 0.686. The lowest BCUT2D eigenvalue weighted by atomic mass is 10.4. The Labute approximate surface area is 102 Å². The molecule has 0 aliphatic heterocycles. The molecular formula is C11H12BrN3O. The minimum Gasteiger partial charge on any atom is -0.467 e. The van der Waals surface area contributed by atoms with E-state index in [-0.39, 0.29) is 0 Å². The average Bonchev–Trinajstić information content (AvgIpc) is 2.80. The Bertz CT molecular complexity index is 427. The van der Waals surface area contributed by atoms with Crippen LogP contribution < -0.4 is 4.90 Å². The molecule has 16 heavy (non-hydrogen) atoms. The van der Waals surface area contributed by atoms with E-state index < -0.39 is 0 Å². The van der Waals surface area contributed by atoms with Crippen molar-refractivity contribution in [1.29, 1.82) is 0 Å². The molecule has 0 saturated heterocycles. The Morgan fingerprint density at radius 3 is 2.69 bits per heavy atom. The van der Waals surface area contributed by atoms with Crippen molar-refractivity contribution in [3.8, 4) is 0 Å². The van der Waals surface area contributed by atoms with E-state index in [0.29, 0.717) is 12.5 Å². The molecule has 5 heteroatoms. The van der Waals surface area contributed by atoms with Crippen molar-refractivity contribution in [2.45, 2.75) is 13.5 Å². The molecule has 0 aliphatic carbocycles. The van der Waals surface area contributed by atoms with Crippen LogP contribution in [-0.2, 0) is 6.54 Å². The first-order valence-corrected chi connectivity index (χ1v) is 5.83. The summed E-state index contributed by atoms with van der Waals surface area (Å²) in [6.45, 7) is 3.59. The maximum atomic E-state index is 5.30. The zero-order valence-electron chi connectivity index (χ0n) is 8.93. The molecule has 0 fully saturated rings. The van der Waals surface area contributed by atoms with Gasteiger partial charge < -0.3 is 9.32 Å². The predicted molar refractivity (Wildman–Crippen MR) is 65.2 cm³/mol. The Morgan fingerprint density at radius 1 is 1.38 bits per heavy atom. The highest BCUT2D eigenvalue weighted by Crippen LogP contribution is 2.14. The molecule has 4 nitrogen and oxygen atoms in total. The molecule has 2 rings (SSSR count). The van der Waals surface area contributed by atoms with Gasteiger partial charge in [-0.3, -0.25) is 0 Å². The molecule has 2 aromatic rings. The van der Waals surface area contributed by atoms with Crippen LogP contribution in [0.15, 0.2) is 39.7 Å². The van der Waals surface area contributed by atoms with Gasteiger partial charge in [-0.05, 0) is 35.0 Å². The minimum atomic E-state index is 0.686. The van der Waals surface area contributed by atoms with E-state index in [1.807, 2.05) is 17.0 Å². The number of rotatable bonds is 4. The molecule has 0 radical (unpaired) electrons. The van der Waals surface area contributed by atoms with E-state index in [1.165, 1.54) is 0 Å². The molecule has 0 amide bonds. The first-order valence-electron chi connectivity index (χ1n) is 5.04. The number of anilines is 1. The van der Waals surface area contributed by atoms with E-state index in [0.717, 1.165) is 16.8 Å². The monoisotopic (exact) mass is 281 g/mol. The van der Waals surface area contributed by atoms with Crippen LogP contribution in [0.3, 0.4) is 0 Å². The number of hydrogen-bond acceptors (Lipinski definition) is 4. The standard InChI is InChI=1S/C11H12BrN3O/c1-2-15(8-10-4-3-5-16-10)11-13-6-9(12)7-14-11/h3-7H,2,8H2,1H3. The third-order valence-electron chi connectivity index (χ3n) is 2.20. The summed E-state index contributed by atoms with van der Waals surface area (Å²) >= 11 is 3.32. The number of aromatic nitrogens is 2. The summed E-state index contributed by atoms with van der Waals surface area (Å²) in [5.41, 5.74) is 0. The van der Waals surface area contributed by atoms with Crippen molar-refractivity contribution in [3.63, 3.8) is 0 Å². The molecule has 0 bridgehead atoms. The normalized spacial score (nSPS) is 10.4. The second kappa shape index (κ2) is 5.12. The van der Waals surface area contributed by atoms with Crippen LogP contribution in [-0.4, -0.2) is 16.5 Å². The van der Waals surface area contributed by atoms with Crippen LogP contribution in [0.1, 0.15) is 12.7 Å². The lowest BCUT2D eigenvalue weighted by molar-refractivity contribution is 0.502. The summed E-state index contributed by atoms with van der Waals surface area (Å²) < 4.78 is 6.18. The molecular weight excluding hydrogens is 270 g/mol. The van der Waals surface area contributed by atoms with Gasteiger partial charge >= 0.3 is 0 Å². The van der Waals surface area contributed by atoms with Crippen molar-refractivity contribution in [3.05, 3.63) is 41.0 Å². The largest absolute Gasteiger partial charge is 0.467 e. The van der Waals surface area contributed by atoms with Crippen LogP contribution in [0, 0.1) is 0 Å². The second-order valence-corrected chi connectivity index (χ2v) is 4.21. The summed E-state index contributed by atoms with van der Waals surface area (Å²) in [7, 11) is 0. The van der Waals surface area contributed by atoms with Crippen LogP contribution in [0.5, 0.6) is 0 Å². The summed E-state index contributed by atoms with van der Waals surface area (Å²) in [4.78, 5) is 10.6. The maximum Gasteiger partial charge on any atom is 0.225 e. The van der Waals surface area contributed by atoms with Crippen molar-refractivity contribution in [1.82, 2.24) is 9.97 Å². The average molecular weight is 282 g/mol. The SMILES string of the molecule is CCN(Cc1ccco1)c1ncc(Br)cn1. The van der Waals surface area contributed by atoms with Crippen molar-refractivity contribution in [2.24, 2.45) is 0 Å². The highest BCUT2D eigenvalue weighted by atomic mass is 79.9. The summed E-state index contributed by atoms with van der Waals surface area (Å²) in [5.74, 6) is 1.62. The van der Waals surface area contributed by atoms with Gasteiger partial charge in [-0.2, -0.15) is 0 Å². The van der Waals surface area contributed by atoms with Gasteiger partial charge in [0.05, 0.1) is 17.3 Å². The molecule has 0 aromatic carbocycles. The van der Waals surface area contributed by atoms with Gasteiger partial charge in [0.15, 0.2) is 0 Å². The molecule has 0 N–H and O–H groups in total. The zero-order valence-corrected chi connectivity index (χ0v) is 10.5. The Hall–Kier alpha value is -1.36. The van der Waals surface area contributed by atoms with Crippen LogP contribution in [0.4, 0.5) is 5.95 Å². The fraction of sp³-hybridized carbons (Fsp3) is 0.273. The van der Waals surface area contributed by atoms with Gasteiger partial charge in [-0.15, -0.1) is 0 Å². The van der Waals surface area contributed by atoms with E-state index in [9.17, 15) is 0 Å². The topological polar surface area (TPSA) is 42.2 Å². The fourth-order valence-corrected chi connectivity index (χ4v) is 1.59. The molecule has 0 spiro atoms. The smallest absolute Gasteiger partial charge is 0.225 e. The first kappa shape index (κ1) is 11.1. The Balaban J connectivity index is 2.13. The third-order valence-corrected chi connectivity index (χ3v) is 2.61. The quantitative estimate of drug-likeness (QED) is 0.864. The van der Waals surface area contributed by atoms with Gasteiger partial charge in [-0.1, -0.05) is 0 Å². The van der Waals surface area contributed by atoms with Crippen molar-refractivity contribution < 1.29 is 4.42 Å². The van der Waals surface area contributed by atoms with E-state index in [2.05, 4.69) is 32.8 Å². The van der Waals surface area contributed by atoms with Gasteiger partial charge in [0.1, 0.15) is 5.76 Å². The predicted octanol–water partition coefficient (Wildman–Crippen LogP) is 2.86. The van der Waals surface area contributed by atoms with Gasteiger partial charge in [0.25, 0.3) is 0 Å². The second-order valence-electron chi connectivity index (χ2n) is 3.29. The van der Waals surface area contributed by atoms with Gasteiger partial charge in [0, 0.05) is 18.9 Å². The van der Waals surface area contributed by atoms with Gasteiger partial charge in [-0.25, -0.2) is 9.97 Å². The Morgan fingerprint density at radius 2 is 2.12 bits per heavy atom. The fourth-order valence-electron chi connectivity index (χ4n) is 1.38. The Kier molecular flexibility index (Phi) is 3.56. The van der Waals surface area contributed by atoms with E-state index in [1.54, 1.807) is 18.7 Å². The number of nitrogens with zero attached hydrogens (tertiary/aromatic N) is 3. The summed E-state index contributed by atoms with van der Waals surface area (Å²) in [6.07, 6.45) is 5.16. The molecule has 0 unspecified atom stereocenters. The number of halogens is 1. The van der Waals surface area contributed by atoms with Crippen LogP contribution in [0.25, 0.3) is 0 Å². The van der Waals surface area contributed by atoms with Crippen molar-refractivity contribution >= 4 is 21.9 Å². The number of furan rings is 1. The lowest BCUT2D eigenvalue weighted by Crippen LogP contribution is -2.23. The summed E-state index contributed by atoms with van der Waals surface area (Å²) in [6, 6.07) is 3.83. The number of hydrogen-bond donors (Lipinski definition) is 0. The van der Waals surface area contributed by atoms with E-state index in [4.69, 9.17) is 4.42 Å². The first-order chi connectivity index (χ1) is 7.79. The molecule has 0 atom stereocenters. The highest BCUT2D eigenvalue weighted by Gasteiger charge is 2.09.